The number of unbranched alkanes of at least 4 members (excludes halogenated alkanes) is 4. The van der Waals surface area contributed by atoms with Crippen molar-refractivity contribution in [3.63, 3.8) is 0 Å². The van der Waals surface area contributed by atoms with E-state index in [1.54, 1.807) is 0 Å². The molecule has 0 N–H and O–H groups in total. The first-order chi connectivity index (χ1) is 14.2. The normalized spacial score (nSPS) is 10.7. The maximum atomic E-state index is 14.9. The Morgan fingerprint density at radius 1 is 0.690 bits per heavy atom. The standard InChI is InChI=1S/C28H31F/c1-3-5-6-7-8-10-25-18-19-26-21-24(17-20-27(26)28(25)29)16-15-23-13-11-22(9-4-2)12-14-23/h11-14,17-21H,3-10H2,1-2H3. The third-order valence-electron chi connectivity index (χ3n) is 5.43. The molecule has 3 aromatic rings. The maximum Gasteiger partial charge on any atom is 0.134 e. The Hall–Kier alpha value is -2.59. The number of halogens is 1. The first-order valence-corrected chi connectivity index (χ1v) is 11.0. The summed E-state index contributed by atoms with van der Waals surface area (Å²) in [4.78, 5) is 0. The van der Waals surface area contributed by atoms with Gasteiger partial charge in [0.15, 0.2) is 0 Å². The van der Waals surface area contributed by atoms with Crippen LogP contribution in [0.4, 0.5) is 4.39 Å². The molecule has 0 aliphatic heterocycles. The van der Waals surface area contributed by atoms with Crippen LogP contribution in [0.3, 0.4) is 0 Å². The highest BCUT2D eigenvalue weighted by molar-refractivity contribution is 5.85. The Bertz CT molecular complexity index is 986. The zero-order valence-electron chi connectivity index (χ0n) is 17.7. The largest absolute Gasteiger partial charge is 0.206 e. The van der Waals surface area contributed by atoms with Gasteiger partial charge in [0.05, 0.1) is 0 Å². The summed E-state index contributed by atoms with van der Waals surface area (Å²) in [7, 11) is 0. The van der Waals surface area contributed by atoms with Gasteiger partial charge in [0.2, 0.25) is 0 Å². The van der Waals surface area contributed by atoms with Crippen molar-refractivity contribution in [2.75, 3.05) is 0 Å². The number of hydrogen-bond donors (Lipinski definition) is 0. The van der Waals surface area contributed by atoms with Crippen LogP contribution in [0.2, 0.25) is 0 Å². The SMILES string of the molecule is CCCCCCCc1ccc2cc(C#Cc3ccc(CCC)cc3)ccc2c1F. The Morgan fingerprint density at radius 2 is 1.41 bits per heavy atom. The Labute approximate surface area is 175 Å². The minimum Gasteiger partial charge on any atom is -0.206 e. The van der Waals surface area contributed by atoms with Crippen molar-refractivity contribution in [3.8, 4) is 11.8 Å². The predicted octanol–water partition coefficient (Wildman–Crippen LogP) is 7.84. The van der Waals surface area contributed by atoms with Gasteiger partial charge < -0.3 is 0 Å². The Balaban J connectivity index is 1.71. The van der Waals surface area contributed by atoms with Crippen molar-refractivity contribution in [3.05, 3.63) is 82.7 Å². The summed E-state index contributed by atoms with van der Waals surface area (Å²) < 4.78 is 14.9. The molecule has 0 aliphatic carbocycles. The lowest BCUT2D eigenvalue weighted by molar-refractivity contribution is 0.595. The van der Waals surface area contributed by atoms with E-state index < -0.39 is 0 Å². The van der Waals surface area contributed by atoms with E-state index in [2.05, 4.69) is 50.0 Å². The van der Waals surface area contributed by atoms with E-state index in [1.807, 2.05) is 30.3 Å². The lowest BCUT2D eigenvalue weighted by atomic mass is 9.99. The van der Waals surface area contributed by atoms with E-state index in [9.17, 15) is 4.39 Å². The molecule has 150 valence electrons. The van der Waals surface area contributed by atoms with Crippen molar-refractivity contribution < 1.29 is 4.39 Å². The summed E-state index contributed by atoms with van der Waals surface area (Å²) in [5.74, 6) is 6.38. The van der Waals surface area contributed by atoms with Crippen LogP contribution in [0, 0.1) is 17.7 Å². The molecule has 0 heterocycles. The molecule has 0 amide bonds. The Kier molecular flexibility index (Phi) is 7.88. The van der Waals surface area contributed by atoms with Gasteiger partial charge in [-0.2, -0.15) is 0 Å². The molecule has 0 unspecified atom stereocenters. The van der Waals surface area contributed by atoms with Crippen LogP contribution in [-0.2, 0) is 12.8 Å². The summed E-state index contributed by atoms with van der Waals surface area (Å²) in [6.07, 6.45) is 9.06. The highest BCUT2D eigenvalue weighted by Gasteiger charge is 2.07. The fourth-order valence-corrected chi connectivity index (χ4v) is 3.71. The van der Waals surface area contributed by atoms with Crippen LogP contribution in [0.1, 0.15) is 74.6 Å². The first kappa shape index (κ1) is 21.1. The van der Waals surface area contributed by atoms with Gasteiger partial charge in [-0.05, 0) is 60.0 Å². The summed E-state index contributed by atoms with van der Waals surface area (Å²) in [6.45, 7) is 4.40. The van der Waals surface area contributed by atoms with Crippen molar-refractivity contribution in [2.24, 2.45) is 0 Å². The monoisotopic (exact) mass is 386 g/mol. The molecule has 0 radical (unpaired) electrons. The molecule has 0 atom stereocenters. The minimum absolute atomic E-state index is 0.0657. The molecule has 0 bridgehead atoms. The van der Waals surface area contributed by atoms with E-state index in [-0.39, 0.29) is 5.82 Å². The number of rotatable bonds is 8. The average Bonchev–Trinajstić information content (AvgIpc) is 2.75. The second-order valence-corrected chi connectivity index (χ2v) is 7.84. The quantitative estimate of drug-likeness (QED) is 0.273. The van der Waals surface area contributed by atoms with Crippen LogP contribution in [0.5, 0.6) is 0 Å². The summed E-state index contributed by atoms with van der Waals surface area (Å²) in [6, 6.07) is 18.2. The molecule has 0 saturated carbocycles. The van der Waals surface area contributed by atoms with Crippen LogP contribution in [-0.4, -0.2) is 0 Å². The lowest BCUT2D eigenvalue weighted by Gasteiger charge is -2.07. The fraction of sp³-hybridized carbons (Fsp3) is 0.357. The van der Waals surface area contributed by atoms with Crippen molar-refractivity contribution in [1.29, 1.82) is 0 Å². The number of fused-ring (bicyclic) bond motifs is 1. The second kappa shape index (κ2) is 10.8. The number of aryl methyl sites for hydroxylation is 2. The number of benzene rings is 3. The van der Waals surface area contributed by atoms with Crippen LogP contribution >= 0.6 is 0 Å². The van der Waals surface area contributed by atoms with Gasteiger partial charge in [-0.3, -0.25) is 0 Å². The summed E-state index contributed by atoms with van der Waals surface area (Å²) >= 11 is 0. The van der Waals surface area contributed by atoms with Crippen molar-refractivity contribution in [1.82, 2.24) is 0 Å². The van der Waals surface area contributed by atoms with E-state index in [0.717, 1.165) is 47.8 Å². The van der Waals surface area contributed by atoms with Crippen LogP contribution in [0.25, 0.3) is 10.8 Å². The average molecular weight is 387 g/mol. The minimum atomic E-state index is -0.0657. The summed E-state index contributed by atoms with van der Waals surface area (Å²) in [5, 5.41) is 1.62. The van der Waals surface area contributed by atoms with Gasteiger partial charge in [-0.1, -0.05) is 88.1 Å². The molecule has 1 heteroatoms. The third kappa shape index (κ3) is 5.94. The first-order valence-electron chi connectivity index (χ1n) is 11.0. The zero-order valence-corrected chi connectivity index (χ0v) is 17.7. The van der Waals surface area contributed by atoms with Gasteiger partial charge in [-0.25, -0.2) is 4.39 Å². The van der Waals surface area contributed by atoms with E-state index in [4.69, 9.17) is 0 Å². The van der Waals surface area contributed by atoms with Gasteiger partial charge in [-0.15, -0.1) is 0 Å². The van der Waals surface area contributed by atoms with Gasteiger partial charge in [0, 0.05) is 16.5 Å². The Morgan fingerprint density at radius 3 is 2.17 bits per heavy atom. The third-order valence-corrected chi connectivity index (χ3v) is 5.43. The van der Waals surface area contributed by atoms with Gasteiger partial charge in [0.1, 0.15) is 5.82 Å². The van der Waals surface area contributed by atoms with Crippen molar-refractivity contribution >= 4 is 10.8 Å². The highest BCUT2D eigenvalue weighted by atomic mass is 19.1. The molecule has 0 nitrogen and oxygen atoms in total. The molecule has 0 aliphatic rings. The lowest BCUT2D eigenvalue weighted by Crippen LogP contribution is -1.93. The molecule has 3 aromatic carbocycles. The van der Waals surface area contributed by atoms with Crippen molar-refractivity contribution in [2.45, 2.75) is 65.2 Å². The van der Waals surface area contributed by atoms with Crippen LogP contribution in [0.15, 0.2) is 54.6 Å². The molecule has 29 heavy (non-hydrogen) atoms. The molecule has 0 aromatic heterocycles. The number of hydrogen-bond acceptors (Lipinski definition) is 0. The van der Waals surface area contributed by atoms with E-state index >= 15 is 0 Å². The maximum absolute atomic E-state index is 14.9. The molecule has 0 fully saturated rings. The molecular formula is C28H31F. The predicted molar refractivity (Wildman–Crippen MR) is 123 cm³/mol. The summed E-state index contributed by atoms with van der Waals surface area (Å²) in [5.41, 5.74) is 4.11. The molecular weight excluding hydrogens is 355 g/mol. The molecule has 0 saturated heterocycles. The fourth-order valence-electron chi connectivity index (χ4n) is 3.71. The highest BCUT2D eigenvalue weighted by Crippen LogP contribution is 2.24. The zero-order chi connectivity index (χ0) is 20.5. The van der Waals surface area contributed by atoms with E-state index in [0.29, 0.717) is 5.39 Å². The molecule has 0 spiro atoms. The topological polar surface area (TPSA) is 0 Å². The molecule has 3 rings (SSSR count). The van der Waals surface area contributed by atoms with E-state index in [1.165, 1.54) is 31.2 Å². The smallest absolute Gasteiger partial charge is 0.134 e. The van der Waals surface area contributed by atoms with Gasteiger partial charge in [0.25, 0.3) is 0 Å². The second-order valence-electron chi connectivity index (χ2n) is 7.84. The van der Waals surface area contributed by atoms with Crippen LogP contribution < -0.4 is 0 Å². The van der Waals surface area contributed by atoms with Gasteiger partial charge >= 0.3 is 0 Å².